The molecule has 0 radical (unpaired) electrons. The Morgan fingerprint density at radius 1 is 1.44 bits per heavy atom. The van der Waals surface area contributed by atoms with Gasteiger partial charge in [-0.2, -0.15) is 0 Å². The normalized spacial score (nSPS) is 20.1. The molecule has 2 nitrogen and oxygen atoms in total. The molecule has 0 aliphatic carbocycles. The van der Waals surface area contributed by atoms with Crippen LogP contribution < -0.4 is 10.6 Å². The van der Waals surface area contributed by atoms with Gasteiger partial charge in [0.2, 0.25) is 0 Å². The molecule has 1 fully saturated rings. The highest BCUT2D eigenvalue weighted by molar-refractivity contribution is 9.10. The second-order valence-corrected chi connectivity index (χ2v) is 5.47. The predicted molar refractivity (Wildman–Crippen MR) is 73.1 cm³/mol. The maximum absolute atomic E-state index is 3.62. The van der Waals surface area contributed by atoms with E-state index in [1.54, 1.807) is 0 Å². The van der Waals surface area contributed by atoms with Gasteiger partial charge in [0.05, 0.1) is 5.69 Å². The number of aryl methyl sites for hydroxylation is 2. The summed E-state index contributed by atoms with van der Waals surface area (Å²) < 4.78 is 1.17. The Hall–Kier alpha value is -0.540. The van der Waals surface area contributed by atoms with E-state index in [1.165, 1.54) is 40.7 Å². The van der Waals surface area contributed by atoms with Gasteiger partial charge in [-0.3, -0.25) is 0 Å². The van der Waals surface area contributed by atoms with Crippen molar-refractivity contribution in [1.29, 1.82) is 0 Å². The first-order chi connectivity index (χ1) is 7.66. The van der Waals surface area contributed by atoms with Crippen molar-refractivity contribution in [2.75, 3.05) is 18.4 Å². The Morgan fingerprint density at radius 2 is 2.25 bits per heavy atom. The van der Waals surface area contributed by atoms with Gasteiger partial charge in [-0.25, -0.2) is 0 Å². The minimum atomic E-state index is 0.632. The Kier molecular flexibility index (Phi) is 3.87. The summed E-state index contributed by atoms with van der Waals surface area (Å²) in [5.74, 6) is 0. The van der Waals surface area contributed by atoms with E-state index >= 15 is 0 Å². The molecule has 0 bridgehead atoms. The Labute approximate surface area is 106 Å². The minimum absolute atomic E-state index is 0.632. The van der Waals surface area contributed by atoms with Crippen LogP contribution in [0.4, 0.5) is 5.69 Å². The van der Waals surface area contributed by atoms with E-state index in [-0.39, 0.29) is 0 Å². The third-order valence-electron chi connectivity index (χ3n) is 3.12. The van der Waals surface area contributed by atoms with Gasteiger partial charge in [0.1, 0.15) is 0 Å². The molecule has 88 valence electrons. The molecule has 1 atom stereocenters. The van der Waals surface area contributed by atoms with Gasteiger partial charge in [-0.1, -0.05) is 6.07 Å². The molecule has 1 unspecified atom stereocenters. The van der Waals surface area contributed by atoms with Gasteiger partial charge in [0, 0.05) is 17.1 Å². The molecule has 1 aliphatic rings. The van der Waals surface area contributed by atoms with Crippen molar-refractivity contribution in [3.8, 4) is 0 Å². The van der Waals surface area contributed by atoms with E-state index < -0.39 is 0 Å². The van der Waals surface area contributed by atoms with Crippen LogP contribution in [0, 0.1) is 13.8 Å². The van der Waals surface area contributed by atoms with Crippen molar-refractivity contribution in [3.05, 3.63) is 27.7 Å². The Balaban J connectivity index is 2.03. The first-order valence-electron chi connectivity index (χ1n) is 5.91. The lowest BCUT2D eigenvalue weighted by atomic mass is 10.1. The van der Waals surface area contributed by atoms with Crippen LogP contribution in [0.1, 0.15) is 24.0 Å². The van der Waals surface area contributed by atoms with Crippen LogP contribution in [-0.4, -0.2) is 19.1 Å². The fraction of sp³-hybridized carbons (Fsp3) is 0.538. The van der Waals surface area contributed by atoms with Crippen LogP contribution >= 0.6 is 15.9 Å². The van der Waals surface area contributed by atoms with Crippen LogP contribution in [0.2, 0.25) is 0 Å². The highest BCUT2D eigenvalue weighted by Crippen LogP contribution is 2.27. The maximum Gasteiger partial charge on any atom is 0.0515 e. The molecule has 0 aromatic heterocycles. The summed E-state index contributed by atoms with van der Waals surface area (Å²) in [4.78, 5) is 0. The summed E-state index contributed by atoms with van der Waals surface area (Å²) in [6.07, 6.45) is 2.59. The van der Waals surface area contributed by atoms with E-state index in [0.29, 0.717) is 6.04 Å². The van der Waals surface area contributed by atoms with E-state index in [4.69, 9.17) is 0 Å². The summed E-state index contributed by atoms with van der Waals surface area (Å²) in [6, 6.07) is 5.01. The second-order valence-electron chi connectivity index (χ2n) is 4.61. The standard InChI is InChI=1S/C13H19BrN2/c1-9-6-10(2)13(12(14)7-9)16-8-11-4-3-5-15-11/h6-7,11,15-16H,3-5,8H2,1-2H3. The molecule has 1 heterocycles. The number of hydrogen-bond donors (Lipinski definition) is 2. The fourth-order valence-corrected chi connectivity index (χ4v) is 3.11. The van der Waals surface area contributed by atoms with Gasteiger partial charge >= 0.3 is 0 Å². The van der Waals surface area contributed by atoms with E-state index in [0.717, 1.165) is 6.54 Å². The molecule has 1 aliphatic heterocycles. The van der Waals surface area contributed by atoms with Crippen molar-refractivity contribution >= 4 is 21.6 Å². The fourth-order valence-electron chi connectivity index (χ4n) is 2.30. The predicted octanol–water partition coefficient (Wildman–Crippen LogP) is 3.23. The molecule has 1 aromatic rings. The average molecular weight is 283 g/mol. The summed E-state index contributed by atoms with van der Waals surface area (Å²) in [5, 5.41) is 7.04. The zero-order valence-electron chi connectivity index (χ0n) is 9.94. The molecular weight excluding hydrogens is 264 g/mol. The molecule has 0 spiro atoms. The molecule has 16 heavy (non-hydrogen) atoms. The van der Waals surface area contributed by atoms with E-state index in [9.17, 15) is 0 Å². The van der Waals surface area contributed by atoms with Crippen molar-refractivity contribution in [3.63, 3.8) is 0 Å². The van der Waals surface area contributed by atoms with Crippen molar-refractivity contribution in [2.45, 2.75) is 32.7 Å². The molecule has 1 aromatic carbocycles. The number of nitrogens with one attached hydrogen (secondary N) is 2. The largest absolute Gasteiger partial charge is 0.382 e. The number of hydrogen-bond acceptors (Lipinski definition) is 2. The van der Waals surface area contributed by atoms with Gasteiger partial charge in [-0.05, 0) is 66.4 Å². The van der Waals surface area contributed by atoms with Crippen LogP contribution in [0.15, 0.2) is 16.6 Å². The lowest BCUT2D eigenvalue weighted by Gasteiger charge is -2.16. The second kappa shape index (κ2) is 5.19. The first kappa shape index (κ1) is 11.9. The Bertz CT molecular complexity index is 347. The summed E-state index contributed by atoms with van der Waals surface area (Å²) >= 11 is 3.62. The third kappa shape index (κ3) is 2.77. The van der Waals surface area contributed by atoms with E-state index in [2.05, 4.69) is 52.5 Å². The van der Waals surface area contributed by atoms with Gasteiger partial charge in [-0.15, -0.1) is 0 Å². The SMILES string of the molecule is Cc1cc(C)c(NCC2CCCN2)c(Br)c1. The summed E-state index contributed by atoms with van der Waals surface area (Å²) in [5.41, 5.74) is 3.85. The molecule has 2 N–H and O–H groups in total. The first-order valence-corrected chi connectivity index (χ1v) is 6.70. The number of benzene rings is 1. The van der Waals surface area contributed by atoms with Gasteiger partial charge < -0.3 is 10.6 Å². The number of halogens is 1. The Morgan fingerprint density at radius 3 is 2.88 bits per heavy atom. The lowest BCUT2D eigenvalue weighted by Crippen LogP contribution is -2.29. The molecule has 0 saturated carbocycles. The van der Waals surface area contributed by atoms with Crippen molar-refractivity contribution in [1.82, 2.24) is 5.32 Å². The zero-order valence-corrected chi connectivity index (χ0v) is 11.5. The summed E-state index contributed by atoms with van der Waals surface area (Å²) in [6.45, 7) is 6.46. The quantitative estimate of drug-likeness (QED) is 0.890. The smallest absolute Gasteiger partial charge is 0.0515 e. The zero-order chi connectivity index (χ0) is 11.5. The lowest BCUT2D eigenvalue weighted by molar-refractivity contribution is 0.633. The third-order valence-corrected chi connectivity index (χ3v) is 3.74. The highest BCUT2D eigenvalue weighted by Gasteiger charge is 2.14. The van der Waals surface area contributed by atoms with Crippen LogP contribution in [0.5, 0.6) is 0 Å². The number of rotatable bonds is 3. The van der Waals surface area contributed by atoms with Crippen LogP contribution in [-0.2, 0) is 0 Å². The molecule has 3 heteroatoms. The number of anilines is 1. The average Bonchev–Trinajstić information content (AvgIpc) is 2.68. The molecule has 2 rings (SSSR count). The van der Waals surface area contributed by atoms with Crippen LogP contribution in [0.3, 0.4) is 0 Å². The van der Waals surface area contributed by atoms with E-state index in [1.807, 2.05) is 0 Å². The van der Waals surface area contributed by atoms with Crippen molar-refractivity contribution in [2.24, 2.45) is 0 Å². The molecule has 1 saturated heterocycles. The van der Waals surface area contributed by atoms with Gasteiger partial charge in [0.25, 0.3) is 0 Å². The van der Waals surface area contributed by atoms with Crippen molar-refractivity contribution < 1.29 is 0 Å². The highest BCUT2D eigenvalue weighted by atomic mass is 79.9. The molecule has 0 amide bonds. The van der Waals surface area contributed by atoms with Gasteiger partial charge in [0.15, 0.2) is 0 Å². The minimum Gasteiger partial charge on any atom is -0.382 e. The molecular formula is C13H19BrN2. The monoisotopic (exact) mass is 282 g/mol. The van der Waals surface area contributed by atoms with Crippen LogP contribution in [0.25, 0.3) is 0 Å². The summed E-state index contributed by atoms with van der Waals surface area (Å²) in [7, 11) is 0. The topological polar surface area (TPSA) is 24.1 Å². The maximum atomic E-state index is 3.62.